The first-order valence-corrected chi connectivity index (χ1v) is 9.84. The van der Waals surface area contributed by atoms with Gasteiger partial charge in [0.15, 0.2) is 0 Å². The fourth-order valence-corrected chi connectivity index (χ4v) is 9.67. The Bertz CT molecular complexity index is 462. The molecule has 0 saturated heterocycles. The molecule has 4 unspecified atom stereocenters. The molecule has 2 nitrogen and oxygen atoms in total. The number of hydrogen-bond donors (Lipinski definition) is 2. The predicted octanol–water partition coefficient (Wildman–Crippen LogP) is 3.65. The largest absolute Gasteiger partial charge is 0.390 e. The molecule has 8 rings (SSSR count). The molecule has 2 heteroatoms. The lowest BCUT2D eigenvalue weighted by Crippen LogP contribution is -2.67. The van der Waals surface area contributed by atoms with Gasteiger partial charge in [0.25, 0.3) is 0 Å². The van der Waals surface area contributed by atoms with Crippen LogP contribution in [0.5, 0.6) is 0 Å². The second-order valence-electron chi connectivity index (χ2n) is 10.9. The highest BCUT2D eigenvalue weighted by molar-refractivity contribution is 5.20. The van der Waals surface area contributed by atoms with Gasteiger partial charge >= 0.3 is 0 Å². The van der Waals surface area contributed by atoms with E-state index in [9.17, 15) is 10.2 Å². The van der Waals surface area contributed by atoms with Crippen molar-refractivity contribution < 1.29 is 10.2 Å². The quantitative estimate of drug-likeness (QED) is 0.776. The molecular weight excluding hydrogens is 272 g/mol. The summed E-state index contributed by atoms with van der Waals surface area (Å²) in [5.74, 6) is 3.14. The first-order valence-electron chi connectivity index (χ1n) is 9.84. The first-order chi connectivity index (χ1) is 10.4. The summed E-state index contributed by atoms with van der Waals surface area (Å²) >= 11 is 0. The summed E-state index contributed by atoms with van der Waals surface area (Å²) in [6.07, 6.45) is 14.7. The van der Waals surface area contributed by atoms with E-state index < -0.39 is 0 Å². The Morgan fingerprint density at radius 2 is 0.818 bits per heavy atom. The molecule has 0 aromatic heterocycles. The molecule has 8 aliphatic rings. The van der Waals surface area contributed by atoms with Gasteiger partial charge in [0, 0.05) is 0 Å². The van der Waals surface area contributed by atoms with Gasteiger partial charge in [-0.05, 0) is 112 Å². The van der Waals surface area contributed by atoms with E-state index in [1.165, 1.54) is 38.5 Å². The molecule has 8 bridgehead atoms. The normalized spacial score (nSPS) is 67.9. The summed E-state index contributed by atoms with van der Waals surface area (Å²) in [5.41, 5.74) is 0.0984. The van der Waals surface area contributed by atoms with Crippen LogP contribution in [0.4, 0.5) is 0 Å². The number of rotatable bonds is 1. The SMILES string of the molecule is OC12C[C@H]3C[C@@H](C1)CC(C14C[C@@H]5C[C@@H](CC(O)(C5)C1)C4)(C3)C2. The third kappa shape index (κ3) is 1.50. The zero-order valence-electron chi connectivity index (χ0n) is 13.7. The Hall–Kier alpha value is -0.0800. The average Bonchev–Trinajstić information content (AvgIpc) is 2.31. The van der Waals surface area contributed by atoms with Gasteiger partial charge in [-0.2, -0.15) is 0 Å². The van der Waals surface area contributed by atoms with Gasteiger partial charge in [-0.3, -0.25) is 0 Å². The summed E-state index contributed by atoms with van der Waals surface area (Å²) in [6.45, 7) is 0. The van der Waals surface area contributed by atoms with Crippen molar-refractivity contribution in [2.24, 2.45) is 34.5 Å². The standard InChI is InChI=1S/C20H30O2/c21-19-7-13-1-14(8-19)4-17(3-13,11-19)18-5-15-2-16(6-18)10-20(22,9-15)12-18/h13-16,21-22H,1-12H2/t13-,14+,15-,16+,17?,18?,19?,20?. The lowest BCUT2D eigenvalue weighted by atomic mass is 9.34. The molecule has 122 valence electrons. The van der Waals surface area contributed by atoms with Gasteiger partial charge < -0.3 is 10.2 Å². The van der Waals surface area contributed by atoms with Crippen LogP contribution in [-0.4, -0.2) is 21.4 Å². The Morgan fingerprint density at radius 3 is 1.09 bits per heavy atom. The van der Waals surface area contributed by atoms with Crippen molar-refractivity contribution in [1.29, 1.82) is 0 Å². The van der Waals surface area contributed by atoms with Crippen LogP contribution >= 0.6 is 0 Å². The van der Waals surface area contributed by atoms with Crippen LogP contribution in [-0.2, 0) is 0 Å². The van der Waals surface area contributed by atoms with Crippen LogP contribution in [0.1, 0.15) is 77.0 Å². The molecule has 8 saturated carbocycles. The molecule has 0 aromatic rings. The van der Waals surface area contributed by atoms with Crippen LogP contribution in [0, 0.1) is 34.5 Å². The molecular formula is C20H30O2. The Balaban J connectivity index is 1.46. The minimum atomic E-state index is -0.337. The maximum Gasteiger partial charge on any atom is 0.0658 e. The summed E-state index contributed by atoms with van der Waals surface area (Å²) in [7, 11) is 0. The molecule has 8 aliphatic carbocycles. The van der Waals surface area contributed by atoms with E-state index in [0.29, 0.717) is 10.8 Å². The zero-order chi connectivity index (χ0) is 14.8. The van der Waals surface area contributed by atoms with Crippen LogP contribution in [0.25, 0.3) is 0 Å². The summed E-state index contributed by atoms with van der Waals surface area (Å²) in [6, 6.07) is 0. The van der Waals surface area contributed by atoms with Crippen molar-refractivity contribution in [2.75, 3.05) is 0 Å². The minimum absolute atomic E-state index is 0.337. The third-order valence-electron chi connectivity index (χ3n) is 9.19. The molecule has 0 radical (unpaired) electrons. The van der Waals surface area contributed by atoms with Gasteiger partial charge in [-0.15, -0.1) is 0 Å². The molecule has 0 heterocycles. The Morgan fingerprint density at radius 1 is 0.500 bits per heavy atom. The highest BCUT2D eigenvalue weighted by Gasteiger charge is 2.69. The molecule has 22 heavy (non-hydrogen) atoms. The molecule has 8 atom stereocenters. The lowest BCUT2D eigenvalue weighted by molar-refractivity contribution is -0.265. The maximum absolute atomic E-state index is 11.2. The van der Waals surface area contributed by atoms with Crippen LogP contribution in [0.3, 0.4) is 0 Å². The molecule has 0 aromatic carbocycles. The summed E-state index contributed by atoms with van der Waals surface area (Å²) in [5, 5.41) is 22.3. The van der Waals surface area contributed by atoms with E-state index in [1.807, 2.05) is 0 Å². The minimum Gasteiger partial charge on any atom is -0.390 e. The van der Waals surface area contributed by atoms with Gasteiger partial charge in [-0.25, -0.2) is 0 Å². The lowest BCUT2D eigenvalue weighted by Gasteiger charge is -2.72. The van der Waals surface area contributed by atoms with Crippen LogP contribution in [0.15, 0.2) is 0 Å². The highest BCUT2D eigenvalue weighted by Crippen LogP contribution is 2.75. The van der Waals surface area contributed by atoms with Crippen molar-refractivity contribution in [3.8, 4) is 0 Å². The average molecular weight is 302 g/mol. The number of hydrogen-bond acceptors (Lipinski definition) is 2. The van der Waals surface area contributed by atoms with E-state index in [1.54, 1.807) is 0 Å². The Kier molecular flexibility index (Phi) is 2.18. The van der Waals surface area contributed by atoms with Gasteiger partial charge in [0.05, 0.1) is 11.2 Å². The van der Waals surface area contributed by atoms with Gasteiger partial charge in [-0.1, -0.05) is 0 Å². The van der Waals surface area contributed by atoms with Crippen molar-refractivity contribution in [3.63, 3.8) is 0 Å². The highest BCUT2D eigenvalue weighted by atomic mass is 16.3. The number of aliphatic hydroxyl groups is 2. The van der Waals surface area contributed by atoms with Crippen molar-refractivity contribution >= 4 is 0 Å². The van der Waals surface area contributed by atoms with Gasteiger partial charge in [0.2, 0.25) is 0 Å². The van der Waals surface area contributed by atoms with Crippen molar-refractivity contribution in [3.05, 3.63) is 0 Å². The van der Waals surface area contributed by atoms with E-state index >= 15 is 0 Å². The van der Waals surface area contributed by atoms with Crippen LogP contribution < -0.4 is 0 Å². The van der Waals surface area contributed by atoms with Crippen molar-refractivity contribution in [2.45, 2.75) is 88.3 Å². The van der Waals surface area contributed by atoms with E-state index in [4.69, 9.17) is 0 Å². The zero-order valence-corrected chi connectivity index (χ0v) is 13.7. The van der Waals surface area contributed by atoms with E-state index in [2.05, 4.69) is 0 Å². The van der Waals surface area contributed by atoms with Crippen molar-refractivity contribution in [1.82, 2.24) is 0 Å². The molecule has 0 aliphatic heterocycles. The van der Waals surface area contributed by atoms with E-state index in [-0.39, 0.29) is 11.2 Å². The molecule has 0 spiro atoms. The maximum atomic E-state index is 11.2. The summed E-state index contributed by atoms with van der Waals surface area (Å²) < 4.78 is 0. The predicted molar refractivity (Wildman–Crippen MR) is 84.1 cm³/mol. The second kappa shape index (κ2) is 3.61. The molecule has 8 fully saturated rings. The molecule has 2 N–H and O–H groups in total. The fraction of sp³-hybridized carbons (Fsp3) is 1.00. The van der Waals surface area contributed by atoms with Gasteiger partial charge in [0.1, 0.15) is 0 Å². The van der Waals surface area contributed by atoms with E-state index in [0.717, 1.165) is 62.2 Å². The van der Waals surface area contributed by atoms with Crippen LogP contribution in [0.2, 0.25) is 0 Å². The summed E-state index contributed by atoms with van der Waals surface area (Å²) in [4.78, 5) is 0. The fourth-order valence-electron chi connectivity index (χ4n) is 9.67. The third-order valence-corrected chi connectivity index (χ3v) is 9.19. The topological polar surface area (TPSA) is 40.5 Å². The smallest absolute Gasteiger partial charge is 0.0658 e. The monoisotopic (exact) mass is 302 g/mol. The molecule has 0 amide bonds. The Labute approximate surface area is 133 Å². The first kappa shape index (κ1) is 13.2. The second-order valence-corrected chi connectivity index (χ2v) is 10.9.